The quantitative estimate of drug-likeness (QED) is 0.534. The van der Waals surface area contributed by atoms with Crippen molar-refractivity contribution >= 4 is 63.8 Å². The van der Waals surface area contributed by atoms with Gasteiger partial charge in [-0.05, 0) is 37.5 Å². The van der Waals surface area contributed by atoms with Crippen molar-refractivity contribution in [2.75, 3.05) is 23.7 Å². The van der Waals surface area contributed by atoms with Gasteiger partial charge in [0.25, 0.3) is 5.91 Å². The van der Waals surface area contributed by atoms with E-state index < -0.39 is 11.6 Å². The first-order valence-electron chi connectivity index (χ1n) is 10.1. The third-order valence-electron chi connectivity index (χ3n) is 5.21. The summed E-state index contributed by atoms with van der Waals surface area (Å²) in [6, 6.07) is 6.16. The summed E-state index contributed by atoms with van der Waals surface area (Å²) in [4.78, 5) is 41.4. The van der Waals surface area contributed by atoms with Crippen molar-refractivity contribution in [3.8, 4) is 0 Å². The zero-order valence-corrected chi connectivity index (χ0v) is 20.9. The number of rotatable bonds is 3. The lowest BCUT2D eigenvalue weighted by Crippen LogP contribution is -2.63. The van der Waals surface area contributed by atoms with Gasteiger partial charge in [0.2, 0.25) is 5.91 Å². The summed E-state index contributed by atoms with van der Waals surface area (Å²) in [6.07, 6.45) is 0. The van der Waals surface area contributed by atoms with Crippen LogP contribution in [0, 0.1) is 0 Å². The molecule has 3 N–H and O–H groups in total. The topological polar surface area (TPSA) is 90.5 Å². The minimum Gasteiger partial charge on any atom is -0.352 e. The SMILES string of the molecule is CC(C)(C)c1cc(NC(=O)Nc2cccc(Cl)c2Cl)c(C(=O)N2CCNC(=O)C2(C)C)s1. The molecule has 2 heterocycles. The maximum atomic E-state index is 13.5. The highest BCUT2D eigenvalue weighted by molar-refractivity contribution is 7.14. The molecule has 1 aromatic carbocycles. The molecule has 32 heavy (non-hydrogen) atoms. The molecule has 7 nitrogen and oxygen atoms in total. The average molecular weight is 497 g/mol. The number of urea groups is 1. The molecule has 0 radical (unpaired) electrons. The molecule has 1 aliphatic rings. The second-order valence-corrected chi connectivity index (χ2v) is 10.9. The molecule has 1 aliphatic heterocycles. The molecule has 3 rings (SSSR count). The van der Waals surface area contributed by atoms with Crippen LogP contribution in [-0.4, -0.2) is 41.4 Å². The van der Waals surface area contributed by atoms with Gasteiger partial charge in [0.15, 0.2) is 0 Å². The van der Waals surface area contributed by atoms with E-state index in [2.05, 4.69) is 16.0 Å². The number of nitrogens with zero attached hydrogens (tertiary/aromatic N) is 1. The summed E-state index contributed by atoms with van der Waals surface area (Å²) >= 11 is 13.5. The van der Waals surface area contributed by atoms with Crippen LogP contribution in [0.5, 0.6) is 0 Å². The van der Waals surface area contributed by atoms with E-state index in [0.29, 0.717) is 34.4 Å². The molecule has 1 aromatic heterocycles. The molecule has 0 atom stereocenters. The molecule has 0 aliphatic carbocycles. The number of carbonyl (C=O) groups is 3. The van der Waals surface area contributed by atoms with Gasteiger partial charge in [-0.3, -0.25) is 9.59 Å². The Labute approximate surface area is 201 Å². The maximum absolute atomic E-state index is 13.5. The number of halogens is 2. The maximum Gasteiger partial charge on any atom is 0.323 e. The molecule has 2 aromatic rings. The van der Waals surface area contributed by atoms with Crippen LogP contribution < -0.4 is 16.0 Å². The highest BCUT2D eigenvalue weighted by Gasteiger charge is 2.42. The Morgan fingerprint density at radius 2 is 1.81 bits per heavy atom. The van der Waals surface area contributed by atoms with Crippen molar-refractivity contribution in [3.05, 3.63) is 44.1 Å². The van der Waals surface area contributed by atoms with Crippen LogP contribution in [0.2, 0.25) is 10.0 Å². The fourth-order valence-corrected chi connectivity index (χ4v) is 4.73. The largest absolute Gasteiger partial charge is 0.352 e. The number of hydrogen-bond acceptors (Lipinski definition) is 4. The van der Waals surface area contributed by atoms with Crippen molar-refractivity contribution in [2.24, 2.45) is 0 Å². The van der Waals surface area contributed by atoms with Gasteiger partial charge in [-0.15, -0.1) is 11.3 Å². The lowest BCUT2D eigenvalue weighted by Gasteiger charge is -2.41. The number of anilines is 2. The summed E-state index contributed by atoms with van der Waals surface area (Å²) in [5.41, 5.74) is -0.511. The van der Waals surface area contributed by atoms with E-state index in [1.807, 2.05) is 20.8 Å². The second kappa shape index (κ2) is 8.92. The van der Waals surface area contributed by atoms with Crippen LogP contribution in [0.25, 0.3) is 0 Å². The van der Waals surface area contributed by atoms with Crippen LogP contribution in [0.4, 0.5) is 16.2 Å². The number of hydrogen-bond donors (Lipinski definition) is 3. The lowest BCUT2D eigenvalue weighted by molar-refractivity contribution is -0.133. The van der Waals surface area contributed by atoms with E-state index in [9.17, 15) is 14.4 Å². The van der Waals surface area contributed by atoms with E-state index in [1.54, 1.807) is 43.0 Å². The van der Waals surface area contributed by atoms with Gasteiger partial charge in [-0.2, -0.15) is 0 Å². The molecule has 10 heteroatoms. The second-order valence-electron chi connectivity index (χ2n) is 9.06. The number of carbonyl (C=O) groups excluding carboxylic acids is 3. The van der Waals surface area contributed by atoms with Crippen molar-refractivity contribution in [2.45, 2.75) is 45.6 Å². The van der Waals surface area contributed by atoms with Gasteiger partial charge in [0, 0.05) is 18.0 Å². The van der Waals surface area contributed by atoms with Crippen LogP contribution in [-0.2, 0) is 10.2 Å². The third-order valence-corrected chi connectivity index (χ3v) is 7.58. The van der Waals surface area contributed by atoms with Gasteiger partial charge < -0.3 is 20.9 Å². The molecule has 1 fully saturated rings. The van der Waals surface area contributed by atoms with E-state index in [-0.39, 0.29) is 22.3 Å². The predicted octanol–water partition coefficient (Wildman–Crippen LogP) is 5.35. The van der Waals surface area contributed by atoms with E-state index in [1.165, 1.54) is 11.3 Å². The molecule has 4 amide bonds. The van der Waals surface area contributed by atoms with Gasteiger partial charge in [0.1, 0.15) is 10.4 Å². The van der Waals surface area contributed by atoms with Crippen molar-refractivity contribution < 1.29 is 14.4 Å². The first kappa shape index (κ1) is 24.4. The molecular formula is C22H26Cl2N4O3S. The first-order valence-corrected chi connectivity index (χ1v) is 11.7. The Morgan fingerprint density at radius 1 is 1.16 bits per heavy atom. The van der Waals surface area contributed by atoms with Crippen molar-refractivity contribution in [1.29, 1.82) is 0 Å². The van der Waals surface area contributed by atoms with Gasteiger partial charge in [-0.25, -0.2) is 4.79 Å². The van der Waals surface area contributed by atoms with Gasteiger partial charge in [-0.1, -0.05) is 50.0 Å². The minimum atomic E-state index is -1.00. The summed E-state index contributed by atoms with van der Waals surface area (Å²) in [5.74, 6) is -0.519. The number of benzene rings is 1. The zero-order valence-electron chi connectivity index (χ0n) is 18.6. The van der Waals surface area contributed by atoms with Crippen LogP contribution in [0.3, 0.4) is 0 Å². The fraction of sp³-hybridized carbons (Fsp3) is 0.409. The molecule has 172 valence electrons. The molecular weight excluding hydrogens is 471 g/mol. The lowest BCUT2D eigenvalue weighted by atomic mass is 9.94. The van der Waals surface area contributed by atoms with Crippen molar-refractivity contribution in [3.63, 3.8) is 0 Å². The molecule has 0 unspecified atom stereocenters. The van der Waals surface area contributed by atoms with Crippen LogP contribution in [0.1, 0.15) is 49.2 Å². The van der Waals surface area contributed by atoms with E-state index in [0.717, 1.165) is 4.88 Å². The van der Waals surface area contributed by atoms with Gasteiger partial charge >= 0.3 is 6.03 Å². The number of thiophene rings is 1. The fourth-order valence-electron chi connectivity index (χ4n) is 3.27. The Kier molecular flexibility index (Phi) is 6.79. The summed E-state index contributed by atoms with van der Waals surface area (Å²) in [6.45, 7) is 10.3. The molecule has 0 saturated carbocycles. The summed E-state index contributed by atoms with van der Waals surface area (Å²) in [5, 5.41) is 8.76. The third kappa shape index (κ3) is 4.87. The normalized spacial score (nSPS) is 15.8. The van der Waals surface area contributed by atoms with Crippen molar-refractivity contribution in [1.82, 2.24) is 10.2 Å². The number of amides is 4. The average Bonchev–Trinajstić information content (AvgIpc) is 3.11. The Balaban J connectivity index is 1.92. The molecule has 0 bridgehead atoms. The van der Waals surface area contributed by atoms with Crippen LogP contribution in [0.15, 0.2) is 24.3 Å². The smallest absolute Gasteiger partial charge is 0.323 e. The zero-order chi connectivity index (χ0) is 23.8. The van der Waals surface area contributed by atoms with Gasteiger partial charge in [0.05, 0.1) is 21.4 Å². The highest BCUT2D eigenvalue weighted by Crippen LogP contribution is 2.37. The Hall–Kier alpha value is -2.29. The Bertz CT molecular complexity index is 1080. The van der Waals surface area contributed by atoms with Crippen LogP contribution >= 0.6 is 34.5 Å². The standard InChI is InChI=1S/C22H26Cl2N4O3S/c1-21(2,3)15-11-14(27-20(31)26-13-8-6-7-12(23)16(13)24)17(32-15)18(29)28-10-9-25-19(30)22(28,4)5/h6-8,11H,9-10H2,1-5H3,(H,25,30)(H2,26,27,31). The Morgan fingerprint density at radius 3 is 2.47 bits per heavy atom. The van der Waals surface area contributed by atoms with E-state index in [4.69, 9.17) is 23.2 Å². The molecule has 0 spiro atoms. The molecule has 1 saturated heterocycles. The summed E-state index contributed by atoms with van der Waals surface area (Å²) in [7, 11) is 0. The highest BCUT2D eigenvalue weighted by atomic mass is 35.5. The monoisotopic (exact) mass is 496 g/mol. The minimum absolute atomic E-state index is 0.215. The van der Waals surface area contributed by atoms with E-state index >= 15 is 0 Å². The summed E-state index contributed by atoms with van der Waals surface area (Å²) < 4.78 is 0. The first-order chi connectivity index (χ1) is 14.8. The number of nitrogens with one attached hydrogen (secondary N) is 3. The number of piperazine rings is 1. The predicted molar refractivity (Wildman–Crippen MR) is 130 cm³/mol.